The van der Waals surface area contributed by atoms with Gasteiger partial charge in [-0.3, -0.25) is 14.7 Å². The van der Waals surface area contributed by atoms with Gasteiger partial charge in [0.1, 0.15) is 12.5 Å². The third kappa shape index (κ3) is 4.18. The monoisotopic (exact) mass is 328 g/mol. The van der Waals surface area contributed by atoms with Crippen LogP contribution in [0.5, 0.6) is 5.75 Å². The molecule has 8 heteroatoms. The molecule has 0 aliphatic heterocycles. The van der Waals surface area contributed by atoms with Crippen LogP contribution in [0, 0.1) is 0 Å². The smallest absolute Gasteiger partial charge is 0.404 e. The van der Waals surface area contributed by atoms with Gasteiger partial charge in [-0.1, -0.05) is 12.1 Å². The standard InChI is InChI=1S/C14H18FN2O4P/c1-2-7-17(10-15)8-6-11-9-16-12-4-3-5-13(14(11)12)21-22(18,19)20/h2-5,9,16H,1,6-8,10H2,(H2,18,19,20). The average molecular weight is 328 g/mol. The molecule has 0 spiro atoms. The van der Waals surface area contributed by atoms with Crippen molar-refractivity contribution in [3.8, 4) is 5.75 Å². The molecular formula is C14H18FN2O4P. The summed E-state index contributed by atoms with van der Waals surface area (Å²) >= 11 is 0. The number of phosphoric acid groups is 1. The summed E-state index contributed by atoms with van der Waals surface area (Å²) < 4.78 is 28.6. The molecule has 22 heavy (non-hydrogen) atoms. The third-order valence-electron chi connectivity index (χ3n) is 3.22. The highest BCUT2D eigenvalue weighted by Gasteiger charge is 2.19. The number of benzene rings is 1. The van der Waals surface area contributed by atoms with Crippen LogP contribution in [-0.2, 0) is 11.0 Å². The van der Waals surface area contributed by atoms with Crippen molar-refractivity contribution in [3.63, 3.8) is 0 Å². The van der Waals surface area contributed by atoms with Gasteiger partial charge in [-0.05, 0) is 24.1 Å². The molecule has 0 unspecified atom stereocenters. The van der Waals surface area contributed by atoms with E-state index in [4.69, 9.17) is 14.3 Å². The Bertz CT molecular complexity index is 697. The zero-order chi connectivity index (χ0) is 16.2. The summed E-state index contributed by atoms with van der Waals surface area (Å²) in [6.07, 6.45) is 3.87. The summed E-state index contributed by atoms with van der Waals surface area (Å²) in [7, 11) is -4.64. The van der Waals surface area contributed by atoms with Gasteiger partial charge in [-0.25, -0.2) is 8.96 Å². The lowest BCUT2D eigenvalue weighted by Gasteiger charge is -2.16. The maximum absolute atomic E-state index is 12.8. The molecule has 0 aliphatic rings. The molecule has 2 rings (SSSR count). The number of halogens is 1. The minimum atomic E-state index is -4.64. The topological polar surface area (TPSA) is 85.8 Å². The molecule has 120 valence electrons. The Morgan fingerprint density at radius 3 is 2.86 bits per heavy atom. The number of rotatable bonds is 8. The fourth-order valence-electron chi connectivity index (χ4n) is 2.28. The molecule has 0 radical (unpaired) electrons. The molecule has 6 nitrogen and oxygen atoms in total. The van der Waals surface area contributed by atoms with Crippen LogP contribution in [0.2, 0.25) is 0 Å². The SMILES string of the molecule is C=CCN(CF)CCc1c[nH]c2cccc(OP(=O)(O)O)c12. The fourth-order valence-corrected chi connectivity index (χ4v) is 2.69. The lowest BCUT2D eigenvalue weighted by atomic mass is 10.1. The van der Waals surface area contributed by atoms with Crippen molar-refractivity contribution in [2.75, 3.05) is 19.9 Å². The first-order chi connectivity index (χ1) is 10.4. The van der Waals surface area contributed by atoms with Crippen molar-refractivity contribution >= 4 is 18.7 Å². The number of hydrogen-bond acceptors (Lipinski definition) is 3. The largest absolute Gasteiger partial charge is 0.524 e. The predicted molar refractivity (Wildman–Crippen MR) is 82.4 cm³/mol. The minimum absolute atomic E-state index is 0.109. The van der Waals surface area contributed by atoms with Crippen LogP contribution in [0.3, 0.4) is 0 Å². The van der Waals surface area contributed by atoms with Crippen molar-refractivity contribution in [2.45, 2.75) is 6.42 Å². The van der Waals surface area contributed by atoms with Gasteiger partial charge in [0.25, 0.3) is 0 Å². The summed E-state index contributed by atoms with van der Waals surface area (Å²) in [6.45, 7) is 3.89. The van der Waals surface area contributed by atoms with Gasteiger partial charge in [0.2, 0.25) is 0 Å². The van der Waals surface area contributed by atoms with Gasteiger partial charge in [-0.15, -0.1) is 6.58 Å². The van der Waals surface area contributed by atoms with Crippen LogP contribution in [0.25, 0.3) is 10.9 Å². The summed E-state index contributed by atoms with van der Waals surface area (Å²) in [6, 6.07) is 4.91. The van der Waals surface area contributed by atoms with Crippen molar-refractivity contribution in [2.24, 2.45) is 0 Å². The van der Waals surface area contributed by atoms with Crippen molar-refractivity contribution in [1.82, 2.24) is 9.88 Å². The zero-order valence-electron chi connectivity index (χ0n) is 11.9. The molecule has 0 aliphatic carbocycles. The average Bonchev–Trinajstić information content (AvgIpc) is 2.86. The number of alkyl halides is 1. The highest BCUT2D eigenvalue weighted by atomic mass is 31.2. The van der Waals surface area contributed by atoms with E-state index in [9.17, 15) is 8.96 Å². The fraction of sp³-hybridized carbons (Fsp3) is 0.286. The Labute approximate surface area is 127 Å². The number of phosphoric ester groups is 1. The predicted octanol–water partition coefficient (Wildman–Crippen LogP) is 2.60. The van der Waals surface area contributed by atoms with Crippen LogP contribution < -0.4 is 4.52 Å². The van der Waals surface area contributed by atoms with Crippen molar-refractivity contribution in [1.29, 1.82) is 0 Å². The van der Waals surface area contributed by atoms with Crippen molar-refractivity contribution < 1.29 is 23.3 Å². The Morgan fingerprint density at radius 1 is 1.45 bits per heavy atom. The molecular weight excluding hydrogens is 310 g/mol. The molecule has 0 fully saturated rings. The molecule has 1 aromatic heterocycles. The van der Waals surface area contributed by atoms with E-state index in [0.29, 0.717) is 30.4 Å². The molecule has 0 atom stereocenters. The second kappa shape index (κ2) is 7.07. The quantitative estimate of drug-likeness (QED) is 0.394. The second-order valence-corrected chi connectivity index (χ2v) is 5.97. The van der Waals surface area contributed by atoms with E-state index in [1.807, 2.05) is 0 Å². The van der Waals surface area contributed by atoms with E-state index in [0.717, 1.165) is 5.56 Å². The Morgan fingerprint density at radius 2 is 2.23 bits per heavy atom. The molecule has 3 N–H and O–H groups in total. The van der Waals surface area contributed by atoms with Crippen molar-refractivity contribution in [3.05, 3.63) is 42.6 Å². The first-order valence-electron chi connectivity index (χ1n) is 6.68. The number of nitrogens with zero attached hydrogens (tertiary/aromatic N) is 1. The highest BCUT2D eigenvalue weighted by Crippen LogP contribution is 2.41. The zero-order valence-corrected chi connectivity index (χ0v) is 12.8. The molecule has 2 aromatic rings. The third-order valence-corrected chi connectivity index (χ3v) is 3.65. The van der Waals surface area contributed by atoms with Crippen LogP contribution in [0.1, 0.15) is 5.56 Å². The van der Waals surface area contributed by atoms with Crippen LogP contribution >= 0.6 is 7.82 Å². The van der Waals surface area contributed by atoms with Gasteiger partial charge in [-0.2, -0.15) is 0 Å². The first-order valence-corrected chi connectivity index (χ1v) is 8.21. The molecule has 0 bridgehead atoms. The minimum Gasteiger partial charge on any atom is -0.404 e. The van der Waals surface area contributed by atoms with E-state index in [1.54, 1.807) is 29.3 Å². The maximum Gasteiger partial charge on any atom is 0.524 e. The summed E-state index contributed by atoms with van der Waals surface area (Å²) in [5, 5.41) is 0.600. The highest BCUT2D eigenvalue weighted by molar-refractivity contribution is 7.46. The Balaban J connectivity index is 2.27. The molecule has 1 heterocycles. The van der Waals surface area contributed by atoms with E-state index in [2.05, 4.69) is 11.6 Å². The van der Waals surface area contributed by atoms with Gasteiger partial charge in [0, 0.05) is 30.2 Å². The number of hydrogen-bond donors (Lipinski definition) is 3. The van der Waals surface area contributed by atoms with Gasteiger partial charge in [0.05, 0.1) is 0 Å². The van der Waals surface area contributed by atoms with E-state index < -0.39 is 14.6 Å². The summed E-state index contributed by atoms with van der Waals surface area (Å²) in [5.41, 5.74) is 1.51. The number of H-pyrrole nitrogens is 1. The van der Waals surface area contributed by atoms with Crippen LogP contribution in [-0.4, -0.2) is 39.6 Å². The molecule has 0 saturated carbocycles. The number of aromatic nitrogens is 1. The summed E-state index contributed by atoms with van der Waals surface area (Å²) in [5.74, 6) is 0.109. The first kappa shape index (κ1) is 16.7. The molecule has 1 aromatic carbocycles. The van der Waals surface area contributed by atoms with Gasteiger partial charge >= 0.3 is 7.82 Å². The Kier molecular flexibility index (Phi) is 5.37. The van der Waals surface area contributed by atoms with Gasteiger partial charge < -0.3 is 9.51 Å². The lowest BCUT2D eigenvalue weighted by molar-refractivity contribution is 0.206. The Hall–Kier alpha value is -1.66. The molecule has 0 saturated heterocycles. The second-order valence-electron chi connectivity index (χ2n) is 4.81. The van der Waals surface area contributed by atoms with E-state index in [1.165, 1.54) is 6.07 Å². The van der Waals surface area contributed by atoms with E-state index >= 15 is 0 Å². The summed E-state index contributed by atoms with van der Waals surface area (Å²) in [4.78, 5) is 22.6. The lowest BCUT2D eigenvalue weighted by Crippen LogP contribution is -2.25. The van der Waals surface area contributed by atoms with E-state index in [-0.39, 0.29) is 5.75 Å². The normalized spacial score (nSPS) is 12.0. The van der Waals surface area contributed by atoms with Crippen LogP contribution in [0.4, 0.5) is 4.39 Å². The van der Waals surface area contributed by atoms with Gasteiger partial charge in [0.15, 0.2) is 0 Å². The number of nitrogens with one attached hydrogen (secondary N) is 1. The van der Waals surface area contributed by atoms with Crippen LogP contribution in [0.15, 0.2) is 37.1 Å². The maximum atomic E-state index is 12.8. The molecule has 0 amide bonds. The number of aromatic amines is 1. The number of fused-ring (bicyclic) bond motifs is 1.